The SMILES string of the molecule is COCc1cc(Cl)nc(C2(C)CCCO2)n1. The molecule has 16 heavy (non-hydrogen) atoms. The van der Waals surface area contributed by atoms with E-state index in [1.807, 2.05) is 6.92 Å². The monoisotopic (exact) mass is 242 g/mol. The van der Waals surface area contributed by atoms with E-state index in [-0.39, 0.29) is 0 Å². The summed E-state index contributed by atoms with van der Waals surface area (Å²) in [6, 6.07) is 1.72. The fourth-order valence-electron chi connectivity index (χ4n) is 1.88. The molecular weight excluding hydrogens is 228 g/mol. The first kappa shape index (κ1) is 11.8. The molecule has 1 aliphatic rings. The highest BCUT2D eigenvalue weighted by Gasteiger charge is 2.35. The molecule has 2 rings (SSSR count). The second kappa shape index (κ2) is 4.65. The van der Waals surface area contributed by atoms with Crippen molar-refractivity contribution in [1.29, 1.82) is 0 Å². The number of methoxy groups -OCH3 is 1. The van der Waals surface area contributed by atoms with Gasteiger partial charge in [0.15, 0.2) is 5.82 Å². The summed E-state index contributed by atoms with van der Waals surface area (Å²) in [5.41, 5.74) is 0.391. The van der Waals surface area contributed by atoms with Crippen molar-refractivity contribution >= 4 is 11.6 Å². The van der Waals surface area contributed by atoms with Gasteiger partial charge in [-0.25, -0.2) is 9.97 Å². The molecule has 1 aromatic rings. The van der Waals surface area contributed by atoms with Gasteiger partial charge in [-0.05, 0) is 25.8 Å². The van der Waals surface area contributed by atoms with Crippen LogP contribution in [0.1, 0.15) is 31.3 Å². The quantitative estimate of drug-likeness (QED) is 0.763. The van der Waals surface area contributed by atoms with Crippen LogP contribution in [0.5, 0.6) is 0 Å². The Hall–Kier alpha value is -0.710. The van der Waals surface area contributed by atoms with E-state index < -0.39 is 5.60 Å². The van der Waals surface area contributed by atoms with E-state index >= 15 is 0 Å². The summed E-state index contributed by atoms with van der Waals surface area (Å²) >= 11 is 5.96. The summed E-state index contributed by atoms with van der Waals surface area (Å²) < 4.78 is 10.7. The van der Waals surface area contributed by atoms with Crippen LogP contribution in [0.3, 0.4) is 0 Å². The molecule has 0 saturated carbocycles. The number of hydrogen-bond acceptors (Lipinski definition) is 4. The first-order chi connectivity index (χ1) is 7.64. The van der Waals surface area contributed by atoms with Crippen LogP contribution in [0, 0.1) is 0 Å². The third-order valence-electron chi connectivity index (χ3n) is 2.73. The Labute approximate surface area is 99.9 Å². The summed E-state index contributed by atoms with van der Waals surface area (Å²) in [5, 5.41) is 0.439. The highest BCUT2D eigenvalue weighted by molar-refractivity contribution is 6.29. The van der Waals surface area contributed by atoms with Crippen molar-refractivity contribution in [2.75, 3.05) is 13.7 Å². The molecular formula is C11H15ClN2O2. The molecule has 2 heterocycles. The zero-order valence-electron chi connectivity index (χ0n) is 9.49. The fraction of sp³-hybridized carbons (Fsp3) is 0.636. The van der Waals surface area contributed by atoms with Crippen molar-refractivity contribution in [1.82, 2.24) is 9.97 Å². The summed E-state index contributed by atoms with van der Waals surface area (Å²) in [4.78, 5) is 8.68. The van der Waals surface area contributed by atoms with Crippen molar-refractivity contribution in [2.45, 2.75) is 32.0 Å². The number of aromatic nitrogens is 2. The highest BCUT2D eigenvalue weighted by atomic mass is 35.5. The molecule has 1 aromatic heterocycles. The summed E-state index contributed by atoms with van der Waals surface area (Å²) in [5.74, 6) is 0.657. The average molecular weight is 243 g/mol. The number of hydrogen-bond donors (Lipinski definition) is 0. The molecule has 1 aliphatic heterocycles. The normalized spacial score (nSPS) is 24.9. The molecule has 88 valence electrons. The standard InChI is InChI=1S/C11H15ClN2O2/c1-11(4-3-5-16-11)10-13-8(7-15-2)6-9(12)14-10/h6H,3-5,7H2,1-2H3. The van der Waals surface area contributed by atoms with Crippen LogP contribution in [0.2, 0.25) is 5.15 Å². The lowest BCUT2D eigenvalue weighted by Gasteiger charge is -2.21. The zero-order chi connectivity index (χ0) is 11.6. The van der Waals surface area contributed by atoms with Gasteiger partial charge in [-0.2, -0.15) is 0 Å². The maximum Gasteiger partial charge on any atom is 0.161 e. The molecule has 0 radical (unpaired) electrons. The topological polar surface area (TPSA) is 44.2 Å². The third kappa shape index (κ3) is 2.34. The largest absolute Gasteiger partial charge is 0.378 e. The van der Waals surface area contributed by atoms with Crippen molar-refractivity contribution < 1.29 is 9.47 Å². The Kier molecular flexibility index (Phi) is 3.42. The zero-order valence-corrected chi connectivity index (χ0v) is 10.3. The Balaban J connectivity index is 2.32. The van der Waals surface area contributed by atoms with Crippen molar-refractivity contribution in [3.05, 3.63) is 22.7 Å². The van der Waals surface area contributed by atoms with Crippen LogP contribution < -0.4 is 0 Å². The lowest BCUT2D eigenvalue weighted by atomic mass is 10.0. The van der Waals surface area contributed by atoms with E-state index in [0.717, 1.165) is 25.1 Å². The van der Waals surface area contributed by atoms with Gasteiger partial charge in [0.25, 0.3) is 0 Å². The van der Waals surface area contributed by atoms with Crippen LogP contribution in [0.15, 0.2) is 6.07 Å². The van der Waals surface area contributed by atoms with E-state index in [1.165, 1.54) is 0 Å². The van der Waals surface area contributed by atoms with Gasteiger partial charge in [-0.15, -0.1) is 0 Å². The predicted octanol–water partition coefficient (Wildman–Crippen LogP) is 2.30. The van der Waals surface area contributed by atoms with Gasteiger partial charge < -0.3 is 9.47 Å². The minimum Gasteiger partial charge on any atom is -0.378 e. The van der Waals surface area contributed by atoms with Crippen LogP contribution in [0.25, 0.3) is 0 Å². The van der Waals surface area contributed by atoms with Gasteiger partial charge in [-0.1, -0.05) is 11.6 Å². The average Bonchev–Trinajstić information content (AvgIpc) is 2.66. The molecule has 0 spiro atoms. The smallest absolute Gasteiger partial charge is 0.161 e. The van der Waals surface area contributed by atoms with E-state index in [2.05, 4.69) is 9.97 Å². The lowest BCUT2D eigenvalue weighted by molar-refractivity contribution is 0.00887. The van der Waals surface area contributed by atoms with Crippen molar-refractivity contribution in [3.8, 4) is 0 Å². The van der Waals surface area contributed by atoms with Crippen LogP contribution in [-0.2, 0) is 21.7 Å². The molecule has 1 fully saturated rings. The molecule has 0 aliphatic carbocycles. The van der Waals surface area contributed by atoms with E-state index in [1.54, 1.807) is 13.2 Å². The molecule has 5 heteroatoms. The Bertz CT molecular complexity index is 378. The Morgan fingerprint density at radius 1 is 1.56 bits per heavy atom. The van der Waals surface area contributed by atoms with Crippen LogP contribution >= 0.6 is 11.6 Å². The van der Waals surface area contributed by atoms with Gasteiger partial charge >= 0.3 is 0 Å². The van der Waals surface area contributed by atoms with Crippen LogP contribution in [-0.4, -0.2) is 23.7 Å². The molecule has 1 atom stereocenters. The second-order valence-corrected chi connectivity index (χ2v) is 4.51. The summed E-state index contributed by atoms with van der Waals surface area (Å²) in [6.45, 7) is 3.19. The summed E-state index contributed by atoms with van der Waals surface area (Å²) in [6.07, 6.45) is 1.96. The van der Waals surface area contributed by atoms with E-state index in [9.17, 15) is 0 Å². The first-order valence-corrected chi connectivity index (χ1v) is 5.69. The van der Waals surface area contributed by atoms with Crippen molar-refractivity contribution in [2.24, 2.45) is 0 Å². The van der Waals surface area contributed by atoms with E-state index in [4.69, 9.17) is 21.1 Å². The van der Waals surface area contributed by atoms with Gasteiger partial charge in [0.05, 0.1) is 12.3 Å². The van der Waals surface area contributed by atoms with Crippen molar-refractivity contribution in [3.63, 3.8) is 0 Å². The van der Waals surface area contributed by atoms with Gasteiger partial charge in [0.1, 0.15) is 10.8 Å². The third-order valence-corrected chi connectivity index (χ3v) is 2.93. The molecule has 0 bridgehead atoms. The molecule has 0 amide bonds. The molecule has 1 unspecified atom stereocenters. The number of nitrogens with zero attached hydrogens (tertiary/aromatic N) is 2. The Morgan fingerprint density at radius 2 is 2.38 bits per heavy atom. The number of rotatable bonds is 3. The number of halogens is 1. The summed E-state index contributed by atoms with van der Waals surface area (Å²) in [7, 11) is 1.63. The van der Waals surface area contributed by atoms with Gasteiger partial charge in [-0.3, -0.25) is 0 Å². The number of ether oxygens (including phenoxy) is 2. The van der Waals surface area contributed by atoms with E-state index in [0.29, 0.717) is 17.6 Å². The second-order valence-electron chi connectivity index (χ2n) is 4.12. The first-order valence-electron chi connectivity index (χ1n) is 5.31. The maximum absolute atomic E-state index is 5.96. The minimum absolute atomic E-state index is 0.395. The van der Waals surface area contributed by atoms with Gasteiger partial charge in [0, 0.05) is 13.7 Å². The lowest BCUT2D eigenvalue weighted by Crippen LogP contribution is -2.24. The fourth-order valence-corrected chi connectivity index (χ4v) is 2.08. The van der Waals surface area contributed by atoms with Gasteiger partial charge in [0.2, 0.25) is 0 Å². The predicted molar refractivity (Wildman–Crippen MR) is 60.3 cm³/mol. The highest BCUT2D eigenvalue weighted by Crippen LogP contribution is 2.33. The Morgan fingerprint density at radius 3 is 3.00 bits per heavy atom. The molecule has 0 N–H and O–H groups in total. The molecule has 0 aromatic carbocycles. The molecule has 1 saturated heterocycles. The van der Waals surface area contributed by atoms with Crippen LogP contribution in [0.4, 0.5) is 0 Å². The maximum atomic E-state index is 5.96. The molecule has 4 nitrogen and oxygen atoms in total. The minimum atomic E-state index is -0.395.